The molecule has 3 aromatic rings. The molecular weight excluding hydrogens is 380 g/mol. The number of piperidine rings is 1. The molecule has 0 atom stereocenters. The van der Waals surface area contributed by atoms with Crippen LogP contribution >= 0.6 is 0 Å². The number of aryl methyl sites for hydroxylation is 2. The maximum Gasteiger partial charge on any atom is 0.116 e. The van der Waals surface area contributed by atoms with Crippen LogP contribution in [0.15, 0.2) is 72.6 Å². The van der Waals surface area contributed by atoms with Gasteiger partial charge in [-0.2, -0.15) is 0 Å². The molecule has 2 heterocycles. The van der Waals surface area contributed by atoms with Gasteiger partial charge in [0.25, 0.3) is 0 Å². The first-order valence-electron chi connectivity index (χ1n) is 11.4. The molecule has 4 rings (SSSR count). The van der Waals surface area contributed by atoms with Crippen molar-refractivity contribution in [2.45, 2.75) is 46.1 Å². The van der Waals surface area contributed by atoms with E-state index in [0.717, 1.165) is 50.9 Å². The van der Waals surface area contributed by atoms with E-state index in [1.54, 1.807) is 6.07 Å². The lowest BCUT2D eigenvalue weighted by Crippen LogP contribution is -2.30. The zero-order valence-electron chi connectivity index (χ0n) is 18.6. The first-order chi connectivity index (χ1) is 15.2. The highest BCUT2D eigenvalue weighted by Crippen LogP contribution is 2.35. The molecule has 0 amide bonds. The third kappa shape index (κ3) is 5.05. The molecule has 1 aromatic heterocycles. The number of rotatable bonds is 6. The van der Waals surface area contributed by atoms with Gasteiger partial charge in [-0.1, -0.05) is 49.8 Å². The first-order valence-corrected chi connectivity index (χ1v) is 11.4. The fourth-order valence-electron chi connectivity index (χ4n) is 4.67. The molecule has 1 aliphatic rings. The van der Waals surface area contributed by atoms with Gasteiger partial charge in [0.15, 0.2) is 0 Å². The molecule has 1 saturated heterocycles. The smallest absolute Gasteiger partial charge is 0.116 e. The minimum Gasteiger partial charge on any atom is -0.508 e. The van der Waals surface area contributed by atoms with E-state index in [-0.39, 0.29) is 0 Å². The van der Waals surface area contributed by atoms with E-state index < -0.39 is 0 Å². The number of aromatic hydroxyl groups is 1. The first kappa shape index (κ1) is 21.3. The molecule has 0 radical (unpaired) electrons. The maximum atomic E-state index is 10.2. The SMILES string of the molecule is CCc1ccc(C(=C2CCN(Cc3ccncc3)CC2)c2cccc(O)c2)cc1CC. The quantitative estimate of drug-likeness (QED) is 0.539. The van der Waals surface area contributed by atoms with E-state index in [2.05, 4.69) is 60.1 Å². The van der Waals surface area contributed by atoms with Crippen LogP contribution in [-0.2, 0) is 19.4 Å². The second-order valence-corrected chi connectivity index (χ2v) is 8.35. The van der Waals surface area contributed by atoms with Crippen molar-refractivity contribution in [3.05, 3.63) is 100 Å². The number of benzene rings is 2. The second kappa shape index (κ2) is 9.93. The summed E-state index contributed by atoms with van der Waals surface area (Å²) in [5.41, 5.74) is 9.35. The number of aromatic nitrogens is 1. The number of nitrogens with zero attached hydrogens (tertiary/aromatic N) is 2. The molecule has 0 unspecified atom stereocenters. The average molecular weight is 413 g/mol. The van der Waals surface area contributed by atoms with Gasteiger partial charge in [0.1, 0.15) is 5.75 Å². The van der Waals surface area contributed by atoms with Crippen LogP contribution in [0, 0.1) is 0 Å². The van der Waals surface area contributed by atoms with Gasteiger partial charge in [-0.25, -0.2) is 0 Å². The van der Waals surface area contributed by atoms with Gasteiger partial charge >= 0.3 is 0 Å². The van der Waals surface area contributed by atoms with Crippen LogP contribution in [-0.4, -0.2) is 28.1 Å². The van der Waals surface area contributed by atoms with E-state index in [1.807, 2.05) is 24.5 Å². The number of hydrogen-bond donors (Lipinski definition) is 1. The molecule has 1 N–H and O–H groups in total. The van der Waals surface area contributed by atoms with Crippen LogP contribution in [0.5, 0.6) is 5.75 Å². The standard InChI is InChI=1S/C28H32N2O/c1-3-22-8-9-26(18-23(22)4-2)28(25-6-5-7-27(31)19-25)24-12-16-30(17-13-24)20-21-10-14-29-15-11-21/h5-11,14-15,18-19,31H,3-4,12-13,16-17,20H2,1-2H3. The summed E-state index contributed by atoms with van der Waals surface area (Å²) in [6.07, 6.45) is 7.94. The van der Waals surface area contributed by atoms with Crippen molar-refractivity contribution in [1.82, 2.24) is 9.88 Å². The molecule has 1 aliphatic heterocycles. The fourth-order valence-corrected chi connectivity index (χ4v) is 4.67. The Morgan fingerprint density at radius 1 is 0.871 bits per heavy atom. The number of hydrogen-bond acceptors (Lipinski definition) is 3. The van der Waals surface area contributed by atoms with Crippen LogP contribution < -0.4 is 0 Å². The van der Waals surface area contributed by atoms with Gasteiger partial charge in [0, 0.05) is 32.0 Å². The van der Waals surface area contributed by atoms with Crippen molar-refractivity contribution in [2.75, 3.05) is 13.1 Å². The third-order valence-corrected chi connectivity index (χ3v) is 6.36. The molecule has 0 bridgehead atoms. The summed E-state index contributed by atoms with van der Waals surface area (Å²) in [6.45, 7) is 7.53. The third-order valence-electron chi connectivity index (χ3n) is 6.36. The zero-order valence-corrected chi connectivity index (χ0v) is 18.6. The van der Waals surface area contributed by atoms with Gasteiger partial charge < -0.3 is 5.11 Å². The highest BCUT2D eigenvalue weighted by atomic mass is 16.3. The lowest BCUT2D eigenvalue weighted by Gasteiger charge is -2.30. The molecule has 3 heteroatoms. The summed E-state index contributed by atoms with van der Waals surface area (Å²) in [5, 5.41) is 10.2. The summed E-state index contributed by atoms with van der Waals surface area (Å²) < 4.78 is 0. The molecule has 160 valence electrons. The van der Waals surface area contributed by atoms with Gasteiger partial charge in [0.2, 0.25) is 0 Å². The minimum atomic E-state index is 0.326. The van der Waals surface area contributed by atoms with Gasteiger partial charge in [0.05, 0.1) is 0 Å². The highest BCUT2D eigenvalue weighted by molar-refractivity contribution is 5.83. The Bertz CT molecular complexity index is 1050. The van der Waals surface area contributed by atoms with E-state index in [1.165, 1.54) is 33.4 Å². The number of phenolic OH excluding ortho intramolecular Hbond substituents is 1. The van der Waals surface area contributed by atoms with Crippen molar-refractivity contribution in [3.63, 3.8) is 0 Å². The molecular formula is C28H32N2O. The lowest BCUT2D eigenvalue weighted by molar-refractivity contribution is 0.248. The maximum absolute atomic E-state index is 10.2. The van der Waals surface area contributed by atoms with Crippen LogP contribution in [0.4, 0.5) is 0 Å². The molecule has 3 nitrogen and oxygen atoms in total. The van der Waals surface area contributed by atoms with E-state index >= 15 is 0 Å². The Kier molecular flexibility index (Phi) is 6.83. The van der Waals surface area contributed by atoms with Gasteiger partial charge in [-0.15, -0.1) is 0 Å². The Morgan fingerprint density at radius 3 is 2.26 bits per heavy atom. The predicted molar refractivity (Wildman–Crippen MR) is 128 cm³/mol. The van der Waals surface area contributed by atoms with Crippen molar-refractivity contribution in [3.8, 4) is 5.75 Å². The number of likely N-dealkylation sites (tertiary alicyclic amines) is 1. The van der Waals surface area contributed by atoms with Crippen LogP contribution in [0.2, 0.25) is 0 Å². The fraction of sp³-hybridized carbons (Fsp3) is 0.321. The molecule has 31 heavy (non-hydrogen) atoms. The van der Waals surface area contributed by atoms with Crippen LogP contribution in [0.25, 0.3) is 5.57 Å². The Morgan fingerprint density at radius 2 is 1.58 bits per heavy atom. The highest BCUT2D eigenvalue weighted by Gasteiger charge is 2.20. The van der Waals surface area contributed by atoms with Crippen molar-refractivity contribution < 1.29 is 5.11 Å². The average Bonchev–Trinajstić information content (AvgIpc) is 2.81. The topological polar surface area (TPSA) is 36.4 Å². The van der Waals surface area contributed by atoms with Crippen molar-refractivity contribution in [2.24, 2.45) is 0 Å². The number of phenols is 1. The number of pyridine rings is 1. The summed E-state index contributed by atoms with van der Waals surface area (Å²) in [4.78, 5) is 6.65. The van der Waals surface area contributed by atoms with E-state index in [4.69, 9.17) is 0 Å². The van der Waals surface area contributed by atoms with E-state index in [9.17, 15) is 5.11 Å². The zero-order chi connectivity index (χ0) is 21.6. The molecule has 1 fully saturated rings. The Labute approximate surface area is 186 Å². The largest absolute Gasteiger partial charge is 0.508 e. The van der Waals surface area contributed by atoms with Gasteiger partial charge in [-0.3, -0.25) is 9.88 Å². The monoisotopic (exact) mass is 412 g/mol. The lowest BCUT2D eigenvalue weighted by atomic mass is 9.86. The predicted octanol–water partition coefficient (Wildman–Crippen LogP) is 6.01. The van der Waals surface area contributed by atoms with Crippen molar-refractivity contribution >= 4 is 5.57 Å². The summed E-state index contributed by atoms with van der Waals surface area (Å²) >= 11 is 0. The van der Waals surface area contributed by atoms with Crippen molar-refractivity contribution in [1.29, 1.82) is 0 Å². The minimum absolute atomic E-state index is 0.326. The molecule has 0 spiro atoms. The summed E-state index contributed by atoms with van der Waals surface area (Å²) in [6, 6.07) is 18.9. The molecule has 2 aromatic carbocycles. The second-order valence-electron chi connectivity index (χ2n) is 8.35. The van der Waals surface area contributed by atoms with Gasteiger partial charge in [-0.05, 0) is 83.3 Å². The van der Waals surface area contributed by atoms with E-state index in [0.29, 0.717) is 5.75 Å². The molecule has 0 saturated carbocycles. The Balaban J connectivity index is 1.66. The Hall–Kier alpha value is -2.91. The molecule has 0 aliphatic carbocycles. The van der Waals surface area contributed by atoms with Crippen LogP contribution in [0.1, 0.15) is 54.5 Å². The normalized spacial score (nSPS) is 14.6. The summed E-state index contributed by atoms with van der Waals surface area (Å²) in [7, 11) is 0. The summed E-state index contributed by atoms with van der Waals surface area (Å²) in [5.74, 6) is 0.326. The van der Waals surface area contributed by atoms with Crippen LogP contribution in [0.3, 0.4) is 0 Å².